The van der Waals surface area contributed by atoms with Crippen LogP contribution in [0.1, 0.15) is 19.1 Å². The number of hydrogen-bond acceptors (Lipinski definition) is 10. The highest BCUT2D eigenvalue weighted by Gasteiger charge is 2.62. The Labute approximate surface area is 242 Å². The van der Waals surface area contributed by atoms with Crippen molar-refractivity contribution in [2.45, 2.75) is 94.3 Å². The molecule has 3 aliphatic heterocycles. The second kappa shape index (κ2) is 12.3. The Morgan fingerprint density at radius 3 is 1.90 bits per heavy atom. The fraction of sp³-hybridized carbons (Fsp3) is 0.750. The number of aromatic amines is 1. The minimum Gasteiger partial charge on any atom is -0.394 e. The van der Waals surface area contributed by atoms with Crippen LogP contribution >= 0.6 is 0 Å². The number of H-pyrrole nitrogens is 1. The quantitative estimate of drug-likeness (QED) is 0.253. The summed E-state index contributed by atoms with van der Waals surface area (Å²) in [5, 5.41) is 35.4. The zero-order valence-electron chi connectivity index (χ0n) is 24.4. The molecular formula is C24H40F2N4O10Si2. The summed E-state index contributed by atoms with van der Waals surface area (Å²) >= 11 is 0. The van der Waals surface area contributed by atoms with Crippen molar-refractivity contribution in [3.63, 3.8) is 0 Å². The Bertz CT molecular complexity index is 1290. The van der Waals surface area contributed by atoms with Gasteiger partial charge in [0.25, 0.3) is 11.5 Å². The molecule has 14 nitrogen and oxygen atoms in total. The SMILES string of the molecule is C[Si](C)(C)N1C(=O)N([C@H]2C[C@H](O)[C@@H](CO)O2)CC(F)([Si](C)(C)C)C1=O.O=c1[nH]c(=O)n([C@H]2C[C@H](O)[C@@H](CO)O2)cc1F. The molecule has 0 radical (unpaired) electrons. The largest absolute Gasteiger partial charge is 0.394 e. The van der Waals surface area contributed by atoms with Crippen LogP contribution in [-0.4, -0.2) is 123 Å². The summed E-state index contributed by atoms with van der Waals surface area (Å²) in [5.74, 6) is -1.85. The number of imide groups is 1. The smallest absolute Gasteiger partial charge is 0.330 e. The van der Waals surface area contributed by atoms with Crippen molar-refractivity contribution >= 4 is 28.2 Å². The fourth-order valence-electron chi connectivity index (χ4n) is 4.93. The third kappa shape index (κ3) is 6.59. The van der Waals surface area contributed by atoms with Gasteiger partial charge in [-0.05, 0) is 0 Å². The first-order valence-electron chi connectivity index (χ1n) is 13.5. The molecule has 1 aromatic heterocycles. The van der Waals surface area contributed by atoms with Crippen molar-refractivity contribution in [1.82, 2.24) is 19.0 Å². The summed E-state index contributed by atoms with van der Waals surface area (Å²) < 4.78 is 41.6. The number of aliphatic hydroxyl groups is 4. The second-order valence-electron chi connectivity index (χ2n) is 12.6. The molecule has 4 rings (SSSR count). The lowest BCUT2D eigenvalue weighted by molar-refractivity contribution is -0.141. The molecule has 3 aliphatic rings. The van der Waals surface area contributed by atoms with Gasteiger partial charge in [-0.3, -0.25) is 28.6 Å². The molecule has 0 spiro atoms. The van der Waals surface area contributed by atoms with Crippen molar-refractivity contribution < 1.29 is 48.3 Å². The average Bonchev–Trinajstić information content (AvgIpc) is 3.44. The lowest BCUT2D eigenvalue weighted by atomic mass is 10.1. The van der Waals surface area contributed by atoms with Crippen molar-refractivity contribution in [3.05, 3.63) is 32.9 Å². The minimum atomic E-state index is -2.63. The van der Waals surface area contributed by atoms with Crippen LogP contribution in [-0.2, 0) is 14.3 Å². The summed E-state index contributed by atoms with van der Waals surface area (Å²) in [6.07, 6.45) is -4.40. The Balaban J connectivity index is 0.000000247. The van der Waals surface area contributed by atoms with Gasteiger partial charge in [-0.2, -0.15) is 4.39 Å². The van der Waals surface area contributed by atoms with Gasteiger partial charge in [0.05, 0.1) is 38.2 Å². The number of rotatable bonds is 6. The Kier molecular flexibility index (Phi) is 10.0. The lowest BCUT2D eigenvalue weighted by Crippen LogP contribution is -2.76. The Morgan fingerprint density at radius 2 is 1.45 bits per heavy atom. The van der Waals surface area contributed by atoms with Crippen LogP contribution in [0.2, 0.25) is 39.3 Å². The maximum absolute atomic E-state index is 15.9. The predicted octanol–water partition coefficient (Wildman–Crippen LogP) is -0.544. The van der Waals surface area contributed by atoms with Gasteiger partial charge in [0, 0.05) is 12.8 Å². The van der Waals surface area contributed by atoms with Crippen molar-refractivity contribution in [2.24, 2.45) is 0 Å². The molecule has 3 saturated heterocycles. The molecule has 1 aromatic rings. The molecule has 1 unspecified atom stereocenters. The van der Waals surface area contributed by atoms with Crippen molar-refractivity contribution in [2.75, 3.05) is 19.8 Å². The summed E-state index contributed by atoms with van der Waals surface area (Å²) in [5.41, 5.74) is -1.93. The minimum absolute atomic E-state index is 0.0383. The van der Waals surface area contributed by atoms with E-state index in [1.807, 2.05) is 19.6 Å². The monoisotopic (exact) mass is 638 g/mol. The van der Waals surface area contributed by atoms with Gasteiger partial charge < -0.3 is 29.9 Å². The molecule has 3 amide bonds. The van der Waals surface area contributed by atoms with E-state index < -0.39 is 94.1 Å². The standard InChI is InChI=1S/C15H29FN2O5Si2.C9H11FN2O5/c1-24(2,3)15(16)9-17(12-7-10(20)11(8-19)23-12)14(22)18(13(15)21)25(4,5)6;10-4-2-12(9(16)11-8(4)15)7-1-5(14)6(3-13)17-7/h10-12,19-20H,7-9H2,1-6H3;2,5-7,13-14H,1,3H2,(H,11,15,16)/t10-,11+,12+,15?;5-,6+,7+/m00/s1. The highest BCUT2D eigenvalue weighted by Crippen LogP contribution is 2.38. The third-order valence-electron chi connectivity index (χ3n) is 7.58. The van der Waals surface area contributed by atoms with Gasteiger partial charge in [0.2, 0.25) is 5.82 Å². The Morgan fingerprint density at radius 1 is 0.952 bits per heavy atom. The highest BCUT2D eigenvalue weighted by atomic mass is 28.3. The molecule has 7 atom stereocenters. The molecule has 42 heavy (non-hydrogen) atoms. The van der Waals surface area contributed by atoms with Crippen LogP contribution in [0.15, 0.2) is 15.8 Å². The summed E-state index contributed by atoms with van der Waals surface area (Å²) in [7, 11) is -5.10. The van der Waals surface area contributed by atoms with E-state index in [0.29, 0.717) is 0 Å². The van der Waals surface area contributed by atoms with E-state index in [-0.39, 0.29) is 26.0 Å². The summed E-state index contributed by atoms with van der Waals surface area (Å²) in [6, 6.07) is -0.563. The molecule has 0 aliphatic carbocycles. The van der Waals surface area contributed by atoms with Gasteiger partial charge in [0.15, 0.2) is 13.5 Å². The van der Waals surface area contributed by atoms with E-state index in [1.54, 1.807) is 24.6 Å². The normalized spacial score (nSPS) is 32.3. The number of ether oxygens (including phenoxy) is 2. The molecule has 18 heteroatoms. The van der Waals surface area contributed by atoms with Gasteiger partial charge >= 0.3 is 11.7 Å². The van der Waals surface area contributed by atoms with E-state index in [9.17, 15) is 38.9 Å². The van der Waals surface area contributed by atoms with E-state index >= 15 is 4.39 Å². The number of urea groups is 1. The molecular weight excluding hydrogens is 598 g/mol. The van der Waals surface area contributed by atoms with Gasteiger partial charge in [-0.1, -0.05) is 39.3 Å². The van der Waals surface area contributed by atoms with Gasteiger partial charge in [-0.15, -0.1) is 0 Å². The van der Waals surface area contributed by atoms with Crippen LogP contribution in [0, 0.1) is 5.82 Å². The molecule has 0 bridgehead atoms. The van der Waals surface area contributed by atoms with Crippen LogP contribution in [0.4, 0.5) is 13.6 Å². The molecule has 3 fully saturated rings. The number of aliphatic hydroxyl groups excluding tert-OH is 4. The summed E-state index contributed by atoms with van der Waals surface area (Å²) in [6.45, 7) is 9.60. The Hall–Kier alpha value is -2.33. The van der Waals surface area contributed by atoms with Crippen LogP contribution in [0.3, 0.4) is 0 Å². The van der Waals surface area contributed by atoms with Crippen LogP contribution in [0.5, 0.6) is 0 Å². The molecule has 0 aromatic carbocycles. The van der Waals surface area contributed by atoms with E-state index in [1.165, 1.54) is 4.90 Å². The first-order valence-corrected chi connectivity index (χ1v) is 20.5. The molecule has 5 N–H and O–H groups in total. The first kappa shape index (κ1) is 34.2. The third-order valence-corrected chi connectivity index (χ3v) is 12.1. The number of hydrogen-bond donors (Lipinski definition) is 5. The van der Waals surface area contributed by atoms with E-state index in [2.05, 4.69) is 0 Å². The fourth-order valence-corrected chi connectivity index (χ4v) is 7.93. The van der Waals surface area contributed by atoms with Crippen molar-refractivity contribution in [3.8, 4) is 0 Å². The van der Waals surface area contributed by atoms with Gasteiger partial charge in [-0.25, -0.2) is 14.0 Å². The van der Waals surface area contributed by atoms with Crippen LogP contribution in [0.25, 0.3) is 0 Å². The number of carbonyl (C=O) groups is 2. The van der Waals surface area contributed by atoms with Crippen molar-refractivity contribution in [1.29, 1.82) is 0 Å². The van der Waals surface area contributed by atoms with Crippen LogP contribution < -0.4 is 11.2 Å². The number of carbonyl (C=O) groups excluding carboxylic acids is 2. The number of halogens is 2. The maximum atomic E-state index is 15.9. The average molecular weight is 639 g/mol. The summed E-state index contributed by atoms with van der Waals surface area (Å²) in [4.78, 5) is 51.1. The number of nitrogens with one attached hydrogen (secondary N) is 1. The topological polar surface area (TPSA) is 195 Å². The molecule has 4 heterocycles. The number of nitrogens with zero attached hydrogens (tertiary/aromatic N) is 3. The van der Waals surface area contributed by atoms with E-state index in [4.69, 9.17) is 14.6 Å². The number of alkyl halides is 1. The second-order valence-corrected chi connectivity index (χ2v) is 22.7. The molecule has 0 saturated carbocycles. The van der Waals surface area contributed by atoms with Gasteiger partial charge in [0.1, 0.15) is 32.7 Å². The van der Waals surface area contributed by atoms with E-state index in [0.717, 1.165) is 15.3 Å². The number of aromatic nitrogens is 2. The highest BCUT2D eigenvalue weighted by molar-refractivity contribution is 6.85. The predicted molar refractivity (Wildman–Crippen MR) is 149 cm³/mol. The lowest BCUT2D eigenvalue weighted by Gasteiger charge is -2.51. The maximum Gasteiger partial charge on any atom is 0.330 e. The zero-order valence-corrected chi connectivity index (χ0v) is 26.4. The zero-order chi connectivity index (χ0) is 31.9. The first-order chi connectivity index (χ1) is 19.3. The number of amides is 3. The molecule has 238 valence electrons.